The van der Waals surface area contributed by atoms with Crippen molar-refractivity contribution in [2.45, 2.75) is 161 Å². The molecule has 1 saturated heterocycles. The quantitative estimate of drug-likeness (QED) is 0.180. The molecule has 1 aliphatic heterocycles. The van der Waals surface area contributed by atoms with Crippen LogP contribution >= 0.6 is 0 Å². The monoisotopic (exact) mass is 578 g/mol. The minimum absolute atomic E-state index is 0.0352. The molecule has 8 nitrogen and oxygen atoms in total. The van der Waals surface area contributed by atoms with Crippen LogP contribution in [-0.2, 0) is 23.9 Å². The minimum Gasteiger partial charge on any atom is -0.481 e. The van der Waals surface area contributed by atoms with Gasteiger partial charge < -0.3 is 25.2 Å². The van der Waals surface area contributed by atoms with E-state index in [0.29, 0.717) is 19.4 Å². The van der Waals surface area contributed by atoms with Crippen LogP contribution in [0.25, 0.3) is 0 Å². The molecule has 3 fully saturated rings. The lowest BCUT2D eigenvalue weighted by molar-refractivity contribution is -0.304. The Balaban J connectivity index is 1.64. The number of aliphatic carboxylic acids is 1. The molecule has 1 heterocycles. The minimum atomic E-state index is -0.983. The van der Waals surface area contributed by atoms with E-state index in [1.54, 1.807) is 13.8 Å². The molecule has 2 unspecified atom stereocenters. The van der Waals surface area contributed by atoms with Crippen LogP contribution in [0.4, 0.5) is 0 Å². The fourth-order valence-corrected chi connectivity index (χ4v) is 7.30. The third-order valence-electron chi connectivity index (χ3n) is 10.00. The van der Waals surface area contributed by atoms with Gasteiger partial charge in [-0.2, -0.15) is 0 Å². The van der Waals surface area contributed by atoms with E-state index in [2.05, 4.69) is 17.6 Å². The normalized spacial score (nSPS) is 25.0. The van der Waals surface area contributed by atoms with Gasteiger partial charge >= 0.3 is 5.97 Å². The van der Waals surface area contributed by atoms with Crippen LogP contribution in [-0.4, -0.2) is 53.5 Å². The Bertz CT molecular complexity index is 873. The van der Waals surface area contributed by atoms with Gasteiger partial charge in [0.05, 0.1) is 18.1 Å². The van der Waals surface area contributed by atoms with Gasteiger partial charge in [0, 0.05) is 17.4 Å². The molecular weight excluding hydrogens is 520 g/mol. The van der Waals surface area contributed by atoms with Crippen molar-refractivity contribution in [2.24, 2.45) is 16.7 Å². The van der Waals surface area contributed by atoms with Crippen molar-refractivity contribution < 1.29 is 29.0 Å². The third kappa shape index (κ3) is 8.92. The number of carboxylic acid groups (broad SMARTS) is 1. The molecule has 2 atom stereocenters. The van der Waals surface area contributed by atoms with Crippen LogP contribution in [0.1, 0.15) is 144 Å². The molecule has 0 bridgehead atoms. The highest BCUT2D eigenvalue weighted by Crippen LogP contribution is 2.45. The van der Waals surface area contributed by atoms with E-state index in [9.17, 15) is 19.5 Å². The summed E-state index contributed by atoms with van der Waals surface area (Å²) in [4.78, 5) is 40.0. The second-order valence-corrected chi connectivity index (χ2v) is 14.3. The maximum Gasteiger partial charge on any atom is 0.310 e. The van der Waals surface area contributed by atoms with Gasteiger partial charge in [0.25, 0.3) is 0 Å². The summed E-state index contributed by atoms with van der Waals surface area (Å²) in [6.07, 6.45) is 16.8. The predicted octanol–water partition coefficient (Wildman–Crippen LogP) is 6.50. The van der Waals surface area contributed by atoms with Gasteiger partial charge in [0.15, 0.2) is 5.79 Å². The van der Waals surface area contributed by atoms with Crippen LogP contribution < -0.4 is 10.6 Å². The number of hydrogen-bond donors (Lipinski definition) is 3. The molecule has 0 aromatic carbocycles. The summed E-state index contributed by atoms with van der Waals surface area (Å²) in [6.45, 7) is 9.93. The van der Waals surface area contributed by atoms with Crippen LogP contribution in [0.5, 0.6) is 0 Å². The number of rotatable bonds is 16. The number of carbonyl (C=O) groups is 3. The van der Waals surface area contributed by atoms with E-state index in [0.717, 1.165) is 57.8 Å². The van der Waals surface area contributed by atoms with Gasteiger partial charge in [-0.1, -0.05) is 97.8 Å². The standard InChI is InChI=1S/C33H58N2O6/c1-6-7-8-9-10-11-12-13-18-32(19-14-15-20-32)29(39)35-33(21-16-17-22-33)25(28(37)38)23-34-27(36)26-30(2,3)24-40-31(4,5)41-26/h25-26H,6-24H2,1-5H3,(H,34,36)(H,35,39)(H,37,38). The van der Waals surface area contributed by atoms with Crippen molar-refractivity contribution in [3.05, 3.63) is 0 Å². The van der Waals surface area contributed by atoms with Crippen LogP contribution in [0.3, 0.4) is 0 Å². The van der Waals surface area contributed by atoms with E-state index in [4.69, 9.17) is 9.47 Å². The molecule has 0 radical (unpaired) electrons. The fraction of sp³-hybridized carbons (Fsp3) is 0.909. The first-order valence-corrected chi connectivity index (χ1v) is 16.5. The molecule has 3 N–H and O–H groups in total. The Labute approximate surface area is 248 Å². The molecule has 2 saturated carbocycles. The van der Waals surface area contributed by atoms with E-state index in [1.807, 2.05) is 13.8 Å². The smallest absolute Gasteiger partial charge is 0.310 e. The molecule has 8 heteroatoms. The number of unbranched alkanes of at least 4 members (excludes halogenated alkanes) is 7. The average molecular weight is 579 g/mol. The van der Waals surface area contributed by atoms with E-state index in [-0.39, 0.29) is 18.4 Å². The molecule has 3 aliphatic rings. The first kappa shape index (κ1) is 33.8. The Morgan fingerprint density at radius 2 is 1.41 bits per heavy atom. The lowest BCUT2D eigenvalue weighted by Gasteiger charge is -2.45. The Kier molecular flexibility index (Phi) is 12.1. The summed E-state index contributed by atoms with van der Waals surface area (Å²) < 4.78 is 11.7. The Hall–Kier alpha value is -1.67. The molecule has 0 aromatic heterocycles. The van der Waals surface area contributed by atoms with Gasteiger partial charge in [0.1, 0.15) is 6.10 Å². The number of amides is 2. The summed E-state index contributed by atoms with van der Waals surface area (Å²) in [5.41, 5.74) is -1.80. The molecule has 2 aliphatic carbocycles. The van der Waals surface area contributed by atoms with Gasteiger partial charge in [-0.3, -0.25) is 14.4 Å². The van der Waals surface area contributed by atoms with Crippen LogP contribution in [0, 0.1) is 16.7 Å². The maximum atomic E-state index is 14.0. The third-order valence-corrected chi connectivity index (χ3v) is 10.00. The molecule has 2 amide bonds. The number of ether oxygens (including phenoxy) is 2. The van der Waals surface area contributed by atoms with Crippen molar-refractivity contribution in [3.63, 3.8) is 0 Å². The van der Waals surface area contributed by atoms with Crippen molar-refractivity contribution in [2.75, 3.05) is 13.2 Å². The first-order chi connectivity index (χ1) is 19.4. The highest BCUT2D eigenvalue weighted by Gasteiger charge is 2.51. The zero-order valence-electron chi connectivity index (χ0n) is 26.6. The van der Waals surface area contributed by atoms with Crippen molar-refractivity contribution >= 4 is 17.8 Å². The molecule has 0 spiro atoms. The second-order valence-electron chi connectivity index (χ2n) is 14.3. The summed E-state index contributed by atoms with van der Waals surface area (Å²) in [5, 5.41) is 16.6. The number of hydrogen-bond acceptors (Lipinski definition) is 5. The van der Waals surface area contributed by atoms with Gasteiger partial charge in [-0.25, -0.2) is 0 Å². The predicted molar refractivity (Wildman–Crippen MR) is 160 cm³/mol. The van der Waals surface area contributed by atoms with E-state index < -0.39 is 40.1 Å². The van der Waals surface area contributed by atoms with Crippen molar-refractivity contribution in [1.29, 1.82) is 0 Å². The number of carbonyl (C=O) groups excluding carboxylic acids is 2. The Morgan fingerprint density at radius 1 is 0.854 bits per heavy atom. The van der Waals surface area contributed by atoms with Gasteiger partial charge in [-0.15, -0.1) is 0 Å². The van der Waals surface area contributed by atoms with E-state index in [1.165, 1.54) is 38.5 Å². The lowest BCUT2D eigenvalue weighted by atomic mass is 9.76. The molecule has 236 valence electrons. The summed E-state index contributed by atoms with van der Waals surface area (Å²) >= 11 is 0. The summed E-state index contributed by atoms with van der Waals surface area (Å²) in [6, 6.07) is 0. The fourth-order valence-electron chi connectivity index (χ4n) is 7.30. The largest absolute Gasteiger partial charge is 0.481 e. The van der Waals surface area contributed by atoms with Crippen LogP contribution in [0.2, 0.25) is 0 Å². The van der Waals surface area contributed by atoms with Crippen LogP contribution in [0.15, 0.2) is 0 Å². The summed E-state index contributed by atoms with van der Waals surface area (Å²) in [5.74, 6) is -3.08. The van der Waals surface area contributed by atoms with Gasteiger partial charge in [0.2, 0.25) is 11.8 Å². The zero-order valence-corrected chi connectivity index (χ0v) is 26.6. The van der Waals surface area contributed by atoms with Crippen molar-refractivity contribution in [3.8, 4) is 0 Å². The lowest BCUT2D eigenvalue weighted by Crippen LogP contribution is -2.61. The highest BCUT2D eigenvalue weighted by molar-refractivity contribution is 5.85. The van der Waals surface area contributed by atoms with E-state index >= 15 is 0 Å². The topological polar surface area (TPSA) is 114 Å². The highest BCUT2D eigenvalue weighted by atomic mass is 16.7. The maximum absolute atomic E-state index is 14.0. The molecular formula is C33H58N2O6. The average Bonchev–Trinajstić information content (AvgIpc) is 3.58. The number of nitrogens with one attached hydrogen (secondary N) is 2. The first-order valence-electron chi connectivity index (χ1n) is 16.5. The van der Waals surface area contributed by atoms with Gasteiger partial charge in [-0.05, 0) is 46.0 Å². The zero-order chi connectivity index (χ0) is 30.2. The molecule has 3 rings (SSSR count). The Morgan fingerprint density at radius 3 is 2.00 bits per heavy atom. The summed E-state index contributed by atoms with van der Waals surface area (Å²) in [7, 11) is 0. The molecule has 41 heavy (non-hydrogen) atoms. The number of carboxylic acids is 1. The molecule has 0 aromatic rings. The second kappa shape index (κ2) is 14.7. The van der Waals surface area contributed by atoms with Crippen molar-refractivity contribution in [1.82, 2.24) is 10.6 Å². The SMILES string of the molecule is CCCCCCCCCCC1(C(=O)NC2(C(CNC(=O)C3OC(C)(C)OCC3(C)C)C(=O)O)CCCC2)CCCC1.